The van der Waals surface area contributed by atoms with Gasteiger partial charge in [0.25, 0.3) is 5.91 Å². The van der Waals surface area contributed by atoms with Crippen molar-refractivity contribution in [2.24, 2.45) is 0 Å². The van der Waals surface area contributed by atoms with Gasteiger partial charge in [0, 0.05) is 11.3 Å². The molecule has 3 rings (SSSR count). The fourth-order valence-corrected chi connectivity index (χ4v) is 2.73. The van der Waals surface area contributed by atoms with E-state index in [-0.39, 0.29) is 5.91 Å². The lowest BCUT2D eigenvalue weighted by molar-refractivity contribution is -0.122. The van der Waals surface area contributed by atoms with Crippen molar-refractivity contribution in [1.29, 1.82) is 0 Å². The number of anilines is 1. The molecule has 3 aromatic rings. The van der Waals surface area contributed by atoms with Crippen LogP contribution in [-0.2, 0) is 4.79 Å². The molecule has 0 fully saturated rings. The van der Waals surface area contributed by atoms with E-state index < -0.39 is 6.10 Å². The van der Waals surface area contributed by atoms with Crippen molar-refractivity contribution in [2.75, 3.05) is 5.32 Å². The molecule has 0 aliphatic heterocycles. The van der Waals surface area contributed by atoms with E-state index in [9.17, 15) is 4.79 Å². The molecule has 0 spiro atoms. The lowest BCUT2D eigenvalue weighted by atomic mass is 9.97. The van der Waals surface area contributed by atoms with Crippen LogP contribution in [0.4, 0.5) is 5.69 Å². The van der Waals surface area contributed by atoms with E-state index in [0.717, 1.165) is 23.2 Å². The molecular formula is C21H23N3O3. The summed E-state index contributed by atoms with van der Waals surface area (Å²) < 4.78 is 10.9. The third-order valence-electron chi connectivity index (χ3n) is 4.51. The topological polar surface area (TPSA) is 77.2 Å². The summed E-state index contributed by atoms with van der Waals surface area (Å²) in [5.74, 6) is 1.21. The maximum Gasteiger partial charge on any atom is 0.265 e. The zero-order valence-corrected chi connectivity index (χ0v) is 15.7. The van der Waals surface area contributed by atoms with E-state index in [0.29, 0.717) is 17.6 Å². The number of amides is 1. The summed E-state index contributed by atoms with van der Waals surface area (Å²) in [6.45, 7) is 6.01. The second-order valence-corrected chi connectivity index (χ2v) is 6.41. The van der Waals surface area contributed by atoms with Gasteiger partial charge in [-0.2, -0.15) is 0 Å². The molecule has 1 N–H and O–H groups in total. The van der Waals surface area contributed by atoms with E-state index >= 15 is 0 Å². The summed E-state index contributed by atoms with van der Waals surface area (Å²) in [6, 6.07) is 15.0. The quantitative estimate of drug-likeness (QED) is 0.659. The predicted octanol–water partition coefficient (Wildman–Crippen LogP) is 4.66. The van der Waals surface area contributed by atoms with Crippen LogP contribution < -0.4 is 10.1 Å². The van der Waals surface area contributed by atoms with Crippen LogP contribution >= 0.6 is 0 Å². The highest BCUT2D eigenvalue weighted by molar-refractivity contribution is 5.94. The van der Waals surface area contributed by atoms with Crippen LogP contribution in [0.3, 0.4) is 0 Å². The van der Waals surface area contributed by atoms with Crippen molar-refractivity contribution in [1.82, 2.24) is 10.2 Å². The molecule has 140 valence electrons. The van der Waals surface area contributed by atoms with Crippen LogP contribution in [0, 0.1) is 0 Å². The zero-order chi connectivity index (χ0) is 19.2. The van der Waals surface area contributed by atoms with Crippen LogP contribution in [0.2, 0.25) is 0 Å². The number of ether oxygens (including phenoxy) is 1. The standard InChI is InChI=1S/C21H23N3O3/c1-4-14(2)18-7-5-6-8-19(18)23-20(25)15(3)27-17-11-9-16(10-12-17)21-24-22-13-26-21/h5-15H,4H2,1-3H3,(H,23,25)/t14-,15+/m1/s1. The molecule has 0 aliphatic rings. The van der Waals surface area contributed by atoms with Gasteiger partial charge in [-0.1, -0.05) is 32.0 Å². The first-order chi connectivity index (χ1) is 13.1. The molecular weight excluding hydrogens is 342 g/mol. The van der Waals surface area contributed by atoms with Crippen LogP contribution in [-0.4, -0.2) is 22.2 Å². The van der Waals surface area contributed by atoms with Gasteiger partial charge in [0.1, 0.15) is 5.75 Å². The number of para-hydroxylation sites is 1. The minimum absolute atomic E-state index is 0.188. The molecule has 1 heterocycles. The summed E-state index contributed by atoms with van der Waals surface area (Å²) in [7, 11) is 0. The van der Waals surface area contributed by atoms with Crippen molar-refractivity contribution in [3.8, 4) is 17.2 Å². The molecule has 6 nitrogen and oxygen atoms in total. The van der Waals surface area contributed by atoms with Gasteiger partial charge in [-0.3, -0.25) is 4.79 Å². The molecule has 1 amide bonds. The maximum atomic E-state index is 12.6. The number of hydrogen-bond acceptors (Lipinski definition) is 5. The Labute approximate surface area is 158 Å². The number of carbonyl (C=O) groups is 1. The van der Waals surface area contributed by atoms with Gasteiger partial charge < -0.3 is 14.5 Å². The van der Waals surface area contributed by atoms with Crippen LogP contribution in [0.5, 0.6) is 5.75 Å². The second kappa shape index (κ2) is 8.49. The average Bonchev–Trinajstić information content (AvgIpc) is 3.23. The Kier molecular flexibility index (Phi) is 5.86. The molecule has 0 aliphatic carbocycles. The van der Waals surface area contributed by atoms with E-state index in [1.54, 1.807) is 19.1 Å². The SMILES string of the molecule is CC[C@@H](C)c1ccccc1NC(=O)[C@H](C)Oc1ccc(-c2nnco2)cc1. The Bertz CT molecular complexity index is 876. The number of hydrogen-bond donors (Lipinski definition) is 1. The summed E-state index contributed by atoms with van der Waals surface area (Å²) in [4.78, 5) is 12.6. The number of nitrogens with zero attached hydrogens (tertiary/aromatic N) is 2. The molecule has 0 radical (unpaired) electrons. The molecule has 6 heteroatoms. The number of rotatable bonds is 7. The Hall–Kier alpha value is -3.15. The highest BCUT2D eigenvalue weighted by Crippen LogP contribution is 2.27. The average molecular weight is 365 g/mol. The number of carbonyl (C=O) groups excluding carboxylic acids is 1. The Morgan fingerprint density at radius 3 is 2.56 bits per heavy atom. The normalized spacial score (nSPS) is 13.0. The third kappa shape index (κ3) is 4.53. The summed E-state index contributed by atoms with van der Waals surface area (Å²) in [5.41, 5.74) is 2.75. The fraction of sp³-hybridized carbons (Fsp3) is 0.286. The number of nitrogens with one attached hydrogen (secondary N) is 1. The molecule has 0 saturated carbocycles. The number of benzene rings is 2. The lowest BCUT2D eigenvalue weighted by Gasteiger charge is -2.18. The highest BCUT2D eigenvalue weighted by atomic mass is 16.5. The summed E-state index contributed by atoms with van der Waals surface area (Å²) in [5, 5.41) is 10.5. The van der Waals surface area contributed by atoms with E-state index in [2.05, 4.69) is 29.4 Å². The van der Waals surface area contributed by atoms with Gasteiger partial charge in [0.15, 0.2) is 6.10 Å². The van der Waals surface area contributed by atoms with Crippen molar-refractivity contribution >= 4 is 11.6 Å². The van der Waals surface area contributed by atoms with Gasteiger partial charge in [0.2, 0.25) is 12.3 Å². The van der Waals surface area contributed by atoms with Crippen LogP contribution in [0.15, 0.2) is 59.3 Å². The Morgan fingerprint density at radius 2 is 1.89 bits per heavy atom. The lowest BCUT2D eigenvalue weighted by Crippen LogP contribution is -2.30. The van der Waals surface area contributed by atoms with E-state index in [1.807, 2.05) is 36.4 Å². The molecule has 27 heavy (non-hydrogen) atoms. The Morgan fingerprint density at radius 1 is 1.15 bits per heavy atom. The smallest absolute Gasteiger partial charge is 0.265 e. The maximum absolute atomic E-state index is 12.6. The monoisotopic (exact) mass is 365 g/mol. The van der Waals surface area contributed by atoms with Crippen molar-refractivity contribution in [2.45, 2.75) is 39.2 Å². The second-order valence-electron chi connectivity index (χ2n) is 6.41. The van der Waals surface area contributed by atoms with E-state index in [1.165, 1.54) is 6.39 Å². The summed E-state index contributed by atoms with van der Waals surface area (Å²) >= 11 is 0. The first-order valence-corrected chi connectivity index (χ1v) is 9.01. The molecule has 2 aromatic carbocycles. The molecule has 0 saturated heterocycles. The zero-order valence-electron chi connectivity index (χ0n) is 15.7. The van der Waals surface area contributed by atoms with Gasteiger partial charge in [-0.15, -0.1) is 10.2 Å². The van der Waals surface area contributed by atoms with Crippen LogP contribution in [0.1, 0.15) is 38.7 Å². The van der Waals surface area contributed by atoms with Crippen LogP contribution in [0.25, 0.3) is 11.5 Å². The summed E-state index contributed by atoms with van der Waals surface area (Å²) in [6.07, 6.45) is 1.65. The fourth-order valence-electron chi connectivity index (χ4n) is 2.73. The minimum atomic E-state index is -0.635. The van der Waals surface area contributed by atoms with E-state index in [4.69, 9.17) is 9.15 Å². The van der Waals surface area contributed by atoms with Gasteiger partial charge in [-0.05, 0) is 55.2 Å². The first kappa shape index (κ1) is 18.6. The largest absolute Gasteiger partial charge is 0.481 e. The van der Waals surface area contributed by atoms with Gasteiger partial charge in [-0.25, -0.2) is 0 Å². The molecule has 0 bridgehead atoms. The Balaban J connectivity index is 1.64. The molecule has 1 aromatic heterocycles. The van der Waals surface area contributed by atoms with Crippen molar-refractivity contribution in [3.63, 3.8) is 0 Å². The van der Waals surface area contributed by atoms with Crippen molar-refractivity contribution < 1.29 is 13.9 Å². The first-order valence-electron chi connectivity index (χ1n) is 9.01. The minimum Gasteiger partial charge on any atom is -0.481 e. The molecule has 2 atom stereocenters. The predicted molar refractivity (Wildman–Crippen MR) is 104 cm³/mol. The van der Waals surface area contributed by atoms with Gasteiger partial charge >= 0.3 is 0 Å². The van der Waals surface area contributed by atoms with Gasteiger partial charge in [0.05, 0.1) is 0 Å². The number of aromatic nitrogens is 2. The molecule has 0 unspecified atom stereocenters. The van der Waals surface area contributed by atoms with Crippen molar-refractivity contribution in [3.05, 3.63) is 60.5 Å². The highest BCUT2D eigenvalue weighted by Gasteiger charge is 2.17. The third-order valence-corrected chi connectivity index (χ3v) is 4.51.